The molecule has 1 aliphatic carbocycles. The van der Waals surface area contributed by atoms with Gasteiger partial charge in [0.05, 0.1) is 11.4 Å². The number of nitrogens with zero attached hydrogens (tertiary/aromatic N) is 2. The van der Waals surface area contributed by atoms with E-state index in [-0.39, 0.29) is 5.41 Å². The average molecular weight is 821 g/mol. The van der Waals surface area contributed by atoms with Crippen LogP contribution in [0, 0.1) is 0 Å². The molecule has 0 saturated carbocycles. The molecule has 0 amide bonds. The highest BCUT2D eigenvalue weighted by Gasteiger charge is 2.41. The zero-order valence-corrected chi connectivity index (χ0v) is 35.5. The van der Waals surface area contributed by atoms with Gasteiger partial charge in [-0.3, -0.25) is 0 Å². The Morgan fingerprint density at radius 2 is 0.889 bits per heavy atom. The molecule has 2 heterocycles. The minimum absolute atomic E-state index is 0.298. The van der Waals surface area contributed by atoms with Gasteiger partial charge >= 0.3 is 0 Å². The van der Waals surface area contributed by atoms with E-state index in [1.807, 2.05) is 23.5 Å². The van der Waals surface area contributed by atoms with Crippen molar-refractivity contribution in [1.82, 2.24) is 9.97 Å². The molecular formula is C60H40N2S. The second-order valence-electron chi connectivity index (χ2n) is 16.6. The average Bonchev–Trinajstić information content (AvgIpc) is 3.88. The van der Waals surface area contributed by atoms with E-state index in [1.165, 1.54) is 70.2 Å². The number of benzene rings is 9. The van der Waals surface area contributed by atoms with Crippen molar-refractivity contribution in [2.24, 2.45) is 0 Å². The lowest BCUT2D eigenvalue weighted by atomic mass is 9.74. The molecule has 0 N–H and O–H groups in total. The van der Waals surface area contributed by atoms with Crippen LogP contribution in [-0.2, 0) is 5.41 Å². The zero-order valence-electron chi connectivity index (χ0n) is 34.7. The van der Waals surface area contributed by atoms with Crippen molar-refractivity contribution < 1.29 is 0 Å². The summed E-state index contributed by atoms with van der Waals surface area (Å²) in [7, 11) is 0. The summed E-state index contributed by atoms with van der Waals surface area (Å²) in [6.07, 6.45) is 0. The standard InChI is InChI=1S/C60H40N2S/c1-60(44-23-9-4-10-24-44)52-32-15-13-28-51(52)57-49(30-18-33-53(57)60)47-26-12-11-25-45(47)41-35-42(46-29-17-31-50-48-27-14-16-34-56(48)63-58(46)50)37-43(36-41)55-38-54(39-19-5-2-6-20-39)61-59(62-55)40-21-7-3-8-22-40/h2-38H,1H3. The minimum Gasteiger partial charge on any atom is -0.228 e. The maximum atomic E-state index is 5.36. The van der Waals surface area contributed by atoms with Crippen molar-refractivity contribution >= 4 is 31.5 Å². The van der Waals surface area contributed by atoms with E-state index >= 15 is 0 Å². The highest BCUT2D eigenvalue weighted by Crippen LogP contribution is 2.56. The summed E-state index contributed by atoms with van der Waals surface area (Å²) >= 11 is 1.87. The monoisotopic (exact) mass is 820 g/mol. The molecule has 0 saturated heterocycles. The summed E-state index contributed by atoms with van der Waals surface area (Å²) in [6, 6.07) is 81.3. The molecule has 0 radical (unpaired) electrons. The van der Waals surface area contributed by atoms with E-state index < -0.39 is 0 Å². The fourth-order valence-electron chi connectivity index (χ4n) is 9.95. The molecule has 3 heteroatoms. The Labute approximate surface area is 371 Å². The fourth-order valence-corrected chi connectivity index (χ4v) is 11.2. The van der Waals surface area contributed by atoms with E-state index in [9.17, 15) is 0 Å². The van der Waals surface area contributed by atoms with Crippen LogP contribution < -0.4 is 0 Å². The minimum atomic E-state index is -0.298. The number of hydrogen-bond donors (Lipinski definition) is 0. The Hall–Kier alpha value is -7.72. The number of fused-ring (bicyclic) bond motifs is 6. The first-order valence-electron chi connectivity index (χ1n) is 21.6. The van der Waals surface area contributed by atoms with Gasteiger partial charge in [-0.25, -0.2) is 9.97 Å². The Balaban J connectivity index is 1.11. The third-order valence-corrected chi connectivity index (χ3v) is 14.2. The van der Waals surface area contributed by atoms with Gasteiger partial charge in [0.15, 0.2) is 5.82 Å². The molecular weight excluding hydrogens is 781 g/mol. The van der Waals surface area contributed by atoms with Crippen molar-refractivity contribution in [3.8, 4) is 78.4 Å². The van der Waals surface area contributed by atoms with Crippen LogP contribution in [0.3, 0.4) is 0 Å². The van der Waals surface area contributed by atoms with Crippen molar-refractivity contribution in [2.75, 3.05) is 0 Å². The second-order valence-corrected chi connectivity index (χ2v) is 17.6. The van der Waals surface area contributed by atoms with Crippen molar-refractivity contribution in [2.45, 2.75) is 12.3 Å². The Morgan fingerprint density at radius 3 is 1.67 bits per heavy atom. The van der Waals surface area contributed by atoms with Gasteiger partial charge in [-0.05, 0) is 98.5 Å². The predicted octanol–water partition coefficient (Wildman–Crippen LogP) is 16.2. The molecule has 1 aliphatic rings. The molecule has 63 heavy (non-hydrogen) atoms. The van der Waals surface area contributed by atoms with Gasteiger partial charge in [-0.1, -0.05) is 194 Å². The van der Waals surface area contributed by atoms with Crippen LogP contribution in [0.2, 0.25) is 0 Å². The lowest BCUT2D eigenvalue weighted by molar-refractivity contribution is 0.714. The van der Waals surface area contributed by atoms with Gasteiger partial charge in [0.2, 0.25) is 0 Å². The van der Waals surface area contributed by atoms with E-state index in [4.69, 9.17) is 9.97 Å². The molecule has 0 spiro atoms. The van der Waals surface area contributed by atoms with Gasteiger partial charge in [0.25, 0.3) is 0 Å². The lowest BCUT2D eigenvalue weighted by Crippen LogP contribution is -2.22. The third-order valence-electron chi connectivity index (χ3n) is 13.0. The van der Waals surface area contributed by atoms with Crippen molar-refractivity contribution in [3.05, 3.63) is 241 Å². The summed E-state index contributed by atoms with van der Waals surface area (Å²) in [5, 5.41) is 2.57. The van der Waals surface area contributed by atoms with Gasteiger partial charge in [-0.2, -0.15) is 0 Å². The van der Waals surface area contributed by atoms with E-state index in [0.29, 0.717) is 5.82 Å². The first-order valence-corrected chi connectivity index (χ1v) is 22.4. The van der Waals surface area contributed by atoms with Crippen molar-refractivity contribution in [3.63, 3.8) is 0 Å². The predicted molar refractivity (Wildman–Crippen MR) is 265 cm³/mol. The summed E-state index contributed by atoms with van der Waals surface area (Å²) in [5.41, 5.74) is 18.2. The smallest absolute Gasteiger partial charge is 0.160 e. The number of hydrogen-bond acceptors (Lipinski definition) is 3. The van der Waals surface area contributed by atoms with Gasteiger partial charge in [-0.15, -0.1) is 11.3 Å². The van der Waals surface area contributed by atoms with Gasteiger partial charge < -0.3 is 0 Å². The molecule has 0 fully saturated rings. The second kappa shape index (κ2) is 15.0. The lowest BCUT2D eigenvalue weighted by Gasteiger charge is -2.28. The number of thiophene rings is 1. The van der Waals surface area contributed by atoms with Crippen molar-refractivity contribution in [1.29, 1.82) is 0 Å². The Bertz CT molecular complexity index is 3460. The molecule has 296 valence electrons. The fraction of sp³-hybridized carbons (Fsp3) is 0.0333. The van der Waals surface area contributed by atoms with Crippen LogP contribution in [-0.4, -0.2) is 9.97 Å². The molecule has 12 rings (SSSR count). The first-order chi connectivity index (χ1) is 31.1. The molecule has 2 aromatic heterocycles. The summed E-state index contributed by atoms with van der Waals surface area (Å²) in [4.78, 5) is 10.5. The van der Waals surface area contributed by atoms with Gasteiger partial charge in [0.1, 0.15) is 0 Å². The molecule has 1 atom stereocenters. The molecule has 11 aromatic rings. The molecule has 9 aromatic carbocycles. The van der Waals surface area contributed by atoms with Crippen LogP contribution >= 0.6 is 11.3 Å². The molecule has 2 nitrogen and oxygen atoms in total. The van der Waals surface area contributed by atoms with Crippen LogP contribution in [0.1, 0.15) is 23.6 Å². The van der Waals surface area contributed by atoms with Crippen LogP contribution in [0.4, 0.5) is 0 Å². The Kier molecular flexibility index (Phi) is 8.84. The maximum absolute atomic E-state index is 5.36. The highest BCUT2D eigenvalue weighted by atomic mass is 32.1. The van der Waals surface area contributed by atoms with E-state index in [2.05, 4.69) is 219 Å². The normalized spacial score (nSPS) is 14.2. The highest BCUT2D eigenvalue weighted by molar-refractivity contribution is 7.26. The molecule has 0 aliphatic heterocycles. The van der Waals surface area contributed by atoms with E-state index in [0.717, 1.165) is 39.2 Å². The van der Waals surface area contributed by atoms with Crippen LogP contribution in [0.15, 0.2) is 224 Å². The Morgan fingerprint density at radius 1 is 0.365 bits per heavy atom. The van der Waals surface area contributed by atoms with Crippen LogP contribution in [0.25, 0.3) is 98.6 Å². The number of rotatable bonds is 7. The maximum Gasteiger partial charge on any atom is 0.160 e. The largest absolute Gasteiger partial charge is 0.228 e. The number of aromatic nitrogens is 2. The topological polar surface area (TPSA) is 25.8 Å². The summed E-state index contributed by atoms with van der Waals surface area (Å²) in [6.45, 7) is 2.39. The SMILES string of the molecule is CC1(c2ccccc2)c2ccccc2-c2c(-c3ccccc3-c3cc(-c4cc(-c5ccccc5)nc(-c5ccccc5)n4)cc(-c4cccc5c4sc4ccccc45)c3)cccc21. The molecule has 1 unspecified atom stereocenters. The summed E-state index contributed by atoms with van der Waals surface area (Å²) < 4.78 is 2.57. The summed E-state index contributed by atoms with van der Waals surface area (Å²) in [5.74, 6) is 0.700. The van der Waals surface area contributed by atoms with Crippen LogP contribution in [0.5, 0.6) is 0 Å². The first kappa shape index (κ1) is 37.1. The quantitative estimate of drug-likeness (QED) is 0.160. The zero-order chi connectivity index (χ0) is 41.9. The molecule has 0 bridgehead atoms. The third kappa shape index (κ3) is 6.15. The van der Waals surface area contributed by atoms with Gasteiger partial charge in [0, 0.05) is 42.3 Å². The van der Waals surface area contributed by atoms with E-state index in [1.54, 1.807) is 0 Å².